The summed E-state index contributed by atoms with van der Waals surface area (Å²) in [7, 11) is 0. The van der Waals surface area contributed by atoms with Crippen molar-refractivity contribution in [3.8, 4) is 0 Å². The number of carboxylic acids is 1. The van der Waals surface area contributed by atoms with Crippen LogP contribution in [0.4, 0.5) is 11.5 Å². The molecule has 0 saturated heterocycles. The van der Waals surface area contributed by atoms with Crippen LogP contribution in [0, 0.1) is 10.1 Å². The molecule has 0 amide bonds. The van der Waals surface area contributed by atoms with E-state index in [1.54, 1.807) is 12.3 Å². The van der Waals surface area contributed by atoms with Crippen molar-refractivity contribution in [1.82, 2.24) is 0 Å². The molecular formula is C12H10ClN3O4. The van der Waals surface area contributed by atoms with Crippen molar-refractivity contribution in [1.29, 1.82) is 0 Å². The van der Waals surface area contributed by atoms with E-state index in [9.17, 15) is 20.0 Å². The van der Waals surface area contributed by atoms with Gasteiger partial charge in [0.1, 0.15) is 0 Å². The summed E-state index contributed by atoms with van der Waals surface area (Å²) in [5, 5.41) is 20.4. The number of nitro groups is 1. The van der Waals surface area contributed by atoms with Crippen LogP contribution >= 0.6 is 11.6 Å². The Hall–Kier alpha value is -2.67. The van der Waals surface area contributed by atoms with Crippen LogP contribution in [0.2, 0.25) is 5.02 Å². The number of nitrogens with two attached hydrogens (primary N) is 1. The van der Waals surface area contributed by atoms with Crippen LogP contribution in [0.3, 0.4) is 0 Å². The highest BCUT2D eigenvalue weighted by molar-refractivity contribution is 6.33. The average molecular weight is 296 g/mol. The minimum absolute atomic E-state index is 0.200. The molecule has 0 spiro atoms. The summed E-state index contributed by atoms with van der Waals surface area (Å²) >= 11 is 5.44. The first-order valence-corrected chi connectivity index (χ1v) is 5.67. The van der Waals surface area contributed by atoms with Crippen molar-refractivity contribution in [2.75, 3.05) is 5.73 Å². The van der Waals surface area contributed by atoms with Crippen LogP contribution in [-0.2, 0) is 0 Å². The number of carboxylic acid groups (broad SMARTS) is 1. The molecule has 1 aromatic carbocycles. The summed E-state index contributed by atoms with van der Waals surface area (Å²) in [6.07, 6.45) is 1.79. The van der Waals surface area contributed by atoms with E-state index in [-0.39, 0.29) is 16.3 Å². The van der Waals surface area contributed by atoms with Crippen molar-refractivity contribution in [2.45, 2.75) is 0 Å². The van der Waals surface area contributed by atoms with E-state index in [4.69, 9.17) is 17.3 Å². The van der Waals surface area contributed by atoms with Gasteiger partial charge in [-0.15, -0.1) is 0 Å². The van der Waals surface area contributed by atoms with Gasteiger partial charge in [0.15, 0.2) is 0 Å². The number of non-ortho nitro benzene ring substituents is 1. The van der Waals surface area contributed by atoms with Gasteiger partial charge in [0, 0.05) is 23.8 Å². The Morgan fingerprint density at radius 3 is 2.35 bits per heavy atom. The summed E-state index contributed by atoms with van der Waals surface area (Å²) in [5.41, 5.74) is 4.79. The van der Waals surface area contributed by atoms with Gasteiger partial charge in [-0.3, -0.25) is 15.8 Å². The van der Waals surface area contributed by atoms with Crippen LogP contribution in [0.25, 0.3) is 0 Å². The minimum Gasteiger partial charge on any atom is -0.545 e. The van der Waals surface area contributed by atoms with Crippen LogP contribution in [0.15, 0.2) is 42.6 Å². The van der Waals surface area contributed by atoms with E-state index in [2.05, 4.69) is 4.98 Å². The summed E-state index contributed by atoms with van der Waals surface area (Å²) < 4.78 is 0. The topological polar surface area (TPSA) is 123 Å². The van der Waals surface area contributed by atoms with Crippen molar-refractivity contribution in [3.63, 3.8) is 0 Å². The summed E-state index contributed by atoms with van der Waals surface area (Å²) in [4.78, 5) is 22.7. The molecule has 7 nitrogen and oxygen atoms in total. The predicted octanol–water partition coefficient (Wildman–Crippen LogP) is 0.695. The number of hydrogen-bond donors (Lipinski definition) is 1. The second-order valence-electron chi connectivity index (χ2n) is 3.53. The molecule has 0 aliphatic heterocycles. The zero-order valence-electron chi connectivity index (χ0n) is 10.1. The van der Waals surface area contributed by atoms with Gasteiger partial charge in [-0.1, -0.05) is 17.7 Å². The first-order valence-electron chi connectivity index (χ1n) is 5.29. The van der Waals surface area contributed by atoms with E-state index < -0.39 is 10.9 Å². The molecule has 0 aliphatic rings. The molecule has 0 unspecified atom stereocenters. The number of nitrogens with one attached hydrogen (secondary N) is 1. The van der Waals surface area contributed by atoms with E-state index >= 15 is 0 Å². The molecule has 0 atom stereocenters. The first-order chi connectivity index (χ1) is 9.41. The molecule has 1 heterocycles. The van der Waals surface area contributed by atoms with Gasteiger partial charge in [0.25, 0.3) is 11.5 Å². The molecule has 0 radical (unpaired) electrons. The molecule has 8 heteroatoms. The third-order valence-electron chi connectivity index (χ3n) is 2.12. The number of H-pyrrole nitrogens is 1. The highest BCUT2D eigenvalue weighted by Gasteiger charge is 2.09. The first kappa shape index (κ1) is 15.4. The van der Waals surface area contributed by atoms with Crippen LogP contribution in [-0.4, -0.2) is 10.9 Å². The zero-order chi connectivity index (χ0) is 15.1. The second-order valence-corrected chi connectivity index (χ2v) is 3.93. The zero-order valence-corrected chi connectivity index (χ0v) is 10.8. The lowest BCUT2D eigenvalue weighted by Gasteiger charge is -2.03. The van der Waals surface area contributed by atoms with E-state index in [0.29, 0.717) is 5.82 Å². The Bertz CT molecular complexity index is 619. The van der Waals surface area contributed by atoms with Gasteiger partial charge in [-0.05, 0) is 12.1 Å². The number of carbonyl (C=O) groups excluding carboxylic acids is 1. The number of carbonyl (C=O) groups is 1. The monoisotopic (exact) mass is 295 g/mol. The van der Waals surface area contributed by atoms with Gasteiger partial charge in [0.2, 0.25) is 0 Å². The molecule has 0 bridgehead atoms. The summed E-state index contributed by atoms with van der Waals surface area (Å²) in [6, 6.07) is 8.63. The maximum Gasteiger partial charge on any atom is 0.270 e. The molecule has 20 heavy (non-hydrogen) atoms. The molecular weight excluding hydrogens is 286 g/mol. The average Bonchev–Trinajstić information content (AvgIpc) is 2.39. The molecule has 0 aliphatic carbocycles. The number of nitro benzene ring substituents is 1. The summed E-state index contributed by atoms with van der Waals surface area (Å²) in [5.74, 6) is -0.762. The maximum atomic E-state index is 10.3. The number of aromatic carboxylic acids is 1. The van der Waals surface area contributed by atoms with Crippen molar-refractivity contribution >= 4 is 29.1 Å². The van der Waals surface area contributed by atoms with Gasteiger partial charge in [-0.25, -0.2) is 4.98 Å². The molecule has 2 rings (SSSR count). The Morgan fingerprint density at radius 1 is 1.30 bits per heavy atom. The third kappa shape index (κ3) is 4.54. The standard InChI is InChI=1S/C7H4ClNO4.C5H6N2/c8-6-3-4(9(12)13)1-2-5(6)7(10)11;6-5-3-1-2-4-7-5/h1-3H,(H,10,11);1-4H,(H2,6,7). The normalized spacial score (nSPS) is 9.25. The molecule has 3 N–H and O–H groups in total. The van der Waals surface area contributed by atoms with E-state index in [0.717, 1.165) is 18.2 Å². The van der Waals surface area contributed by atoms with E-state index in [1.807, 2.05) is 12.1 Å². The Balaban J connectivity index is 0.000000240. The highest BCUT2D eigenvalue weighted by atomic mass is 35.5. The molecule has 104 valence electrons. The van der Waals surface area contributed by atoms with Crippen molar-refractivity contribution in [2.24, 2.45) is 0 Å². The van der Waals surface area contributed by atoms with Crippen LogP contribution < -0.4 is 15.8 Å². The highest BCUT2D eigenvalue weighted by Crippen LogP contribution is 2.21. The number of rotatable bonds is 2. The Morgan fingerprint density at radius 2 is 2.00 bits per heavy atom. The van der Waals surface area contributed by atoms with Crippen LogP contribution in [0.1, 0.15) is 10.4 Å². The lowest BCUT2D eigenvalue weighted by atomic mass is 10.2. The number of aromatic amines is 1. The number of benzene rings is 1. The van der Waals surface area contributed by atoms with Gasteiger partial charge < -0.3 is 9.90 Å². The summed E-state index contributed by atoms with van der Waals surface area (Å²) in [6.45, 7) is 0. The fourth-order valence-corrected chi connectivity index (χ4v) is 1.44. The minimum atomic E-state index is -1.46. The molecule has 0 fully saturated rings. The van der Waals surface area contributed by atoms with Gasteiger partial charge in [0.05, 0.1) is 22.1 Å². The smallest absolute Gasteiger partial charge is 0.270 e. The Kier molecular flexibility index (Phi) is 5.42. The SMILES string of the molecule is Nc1cccc[nH+]1.O=C([O-])c1ccc([N+](=O)[O-])cc1Cl. The lowest BCUT2D eigenvalue weighted by Crippen LogP contribution is -2.22. The largest absolute Gasteiger partial charge is 0.545 e. The maximum absolute atomic E-state index is 10.3. The number of nitrogen functional groups attached to an aromatic ring is 1. The fraction of sp³-hybridized carbons (Fsp3) is 0. The predicted molar refractivity (Wildman–Crippen MR) is 69.8 cm³/mol. The number of aromatic nitrogens is 1. The fourth-order valence-electron chi connectivity index (χ4n) is 1.19. The molecule has 2 aromatic rings. The molecule has 0 saturated carbocycles. The number of anilines is 1. The number of pyridine rings is 1. The third-order valence-corrected chi connectivity index (χ3v) is 2.43. The van der Waals surface area contributed by atoms with E-state index in [1.165, 1.54) is 0 Å². The number of nitrogens with zero attached hydrogens (tertiary/aromatic N) is 1. The number of halogens is 1. The van der Waals surface area contributed by atoms with Crippen LogP contribution in [0.5, 0.6) is 0 Å². The Labute approximate surface area is 118 Å². The van der Waals surface area contributed by atoms with Gasteiger partial charge in [-0.2, -0.15) is 0 Å². The lowest BCUT2D eigenvalue weighted by molar-refractivity contribution is -0.384. The second kappa shape index (κ2) is 7.05. The van der Waals surface area contributed by atoms with Gasteiger partial charge >= 0.3 is 0 Å². The molecule has 1 aromatic heterocycles. The van der Waals surface area contributed by atoms with Crippen molar-refractivity contribution < 1.29 is 19.8 Å². The quantitative estimate of drug-likeness (QED) is 0.645. The van der Waals surface area contributed by atoms with Crippen molar-refractivity contribution in [3.05, 3.63) is 63.3 Å². The number of hydrogen-bond acceptors (Lipinski definition) is 5.